The first kappa shape index (κ1) is 17.3. The van der Waals surface area contributed by atoms with Crippen molar-refractivity contribution in [3.8, 4) is 0 Å². The van der Waals surface area contributed by atoms with E-state index >= 15 is 0 Å². The van der Waals surface area contributed by atoms with Gasteiger partial charge in [0, 0.05) is 29.7 Å². The maximum Gasteiger partial charge on any atom is 0.291 e. The molecule has 1 N–H and O–H groups in total. The molecule has 29 heavy (non-hydrogen) atoms. The summed E-state index contributed by atoms with van der Waals surface area (Å²) in [6.07, 6.45) is 1.02. The predicted molar refractivity (Wildman–Crippen MR) is 114 cm³/mol. The van der Waals surface area contributed by atoms with Crippen LogP contribution in [0, 0.1) is 0 Å². The Morgan fingerprint density at radius 1 is 0.931 bits per heavy atom. The molecule has 2 heterocycles. The molecule has 0 unspecified atom stereocenters. The lowest BCUT2D eigenvalue weighted by atomic mass is 10.2. The summed E-state index contributed by atoms with van der Waals surface area (Å²) in [5.41, 5.74) is 4.44. The Morgan fingerprint density at radius 3 is 2.55 bits per heavy atom. The van der Waals surface area contributed by atoms with Crippen molar-refractivity contribution in [3.05, 3.63) is 100 Å². The Balaban J connectivity index is 1.37. The van der Waals surface area contributed by atoms with Crippen LogP contribution in [-0.4, -0.2) is 12.5 Å². The molecule has 1 aromatic heterocycles. The summed E-state index contributed by atoms with van der Waals surface area (Å²) in [5.74, 6) is -0.460. The van der Waals surface area contributed by atoms with Gasteiger partial charge in [0.05, 0.1) is 5.39 Å². The molecule has 0 saturated carbocycles. The number of nitrogens with one attached hydrogen (secondary N) is 1. The third-order valence-corrected chi connectivity index (χ3v) is 5.18. The first-order valence-electron chi connectivity index (χ1n) is 9.49. The number of nitrogens with zero attached hydrogens (tertiary/aromatic N) is 1. The topological polar surface area (TPSA) is 62.6 Å². The average Bonchev–Trinajstić information content (AvgIpc) is 3.18. The van der Waals surface area contributed by atoms with Crippen molar-refractivity contribution in [1.29, 1.82) is 0 Å². The van der Waals surface area contributed by atoms with Crippen LogP contribution in [0.25, 0.3) is 11.0 Å². The van der Waals surface area contributed by atoms with Crippen molar-refractivity contribution >= 4 is 33.9 Å². The maximum atomic E-state index is 12.6. The lowest BCUT2D eigenvalue weighted by Gasteiger charge is -2.20. The number of anilines is 3. The summed E-state index contributed by atoms with van der Waals surface area (Å²) < 4.78 is 5.60. The van der Waals surface area contributed by atoms with Crippen LogP contribution in [0.1, 0.15) is 16.1 Å². The standard InChI is InChI=1S/C24H18N2O3/c27-21-15-23(29-22-8-4-2-6-19(21)22)24(28)25-17-9-11-18(12-10-17)26-14-13-16-5-1-3-7-20(16)26/h1-12,15H,13-14H2,(H,25,28). The second-order valence-electron chi connectivity index (χ2n) is 7.00. The quantitative estimate of drug-likeness (QED) is 0.556. The van der Waals surface area contributed by atoms with E-state index < -0.39 is 5.91 Å². The van der Waals surface area contributed by atoms with Crippen molar-refractivity contribution in [2.24, 2.45) is 0 Å². The molecule has 5 nitrogen and oxygen atoms in total. The summed E-state index contributed by atoms with van der Waals surface area (Å²) in [7, 11) is 0. The molecule has 0 saturated heterocycles. The van der Waals surface area contributed by atoms with E-state index in [-0.39, 0.29) is 11.2 Å². The number of hydrogen-bond acceptors (Lipinski definition) is 4. The van der Waals surface area contributed by atoms with Gasteiger partial charge in [-0.15, -0.1) is 0 Å². The highest BCUT2D eigenvalue weighted by atomic mass is 16.3. The number of carbonyl (C=O) groups is 1. The highest BCUT2D eigenvalue weighted by molar-refractivity contribution is 6.03. The first-order valence-corrected chi connectivity index (χ1v) is 9.49. The van der Waals surface area contributed by atoms with E-state index in [1.54, 1.807) is 24.3 Å². The molecule has 142 valence electrons. The number of fused-ring (bicyclic) bond motifs is 2. The monoisotopic (exact) mass is 382 g/mol. The second kappa shape index (κ2) is 6.95. The van der Waals surface area contributed by atoms with Crippen molar-refractivity contribution in [2.75, 3.05) is 16.8 Å². The Labute approximate surface area is 167 Å². The van der Waals surface area contributed by atoms with Crippen LogP contribution in [0.15, 0.2) is 88.1 Å². The molecule has 5 rings (SSSR count). The third kappa shape index (κ3) is 3.17. The molecule has 0 bridgehead atoms. The highest BCUT2D eigenvalue weighted by Gasteiger charge is 2.19. The number of rotatable bonds is 3. The average molecular weight is 382 g/mol. The van der Waals surface area contributed by atoms with E-state index in [4.69, 9.17) is 4.42 Å². The zero-order valence-electron chi connectivity index (χ0n) is 15.6. The molecule has 0 spiro atoms. The number of carbonyl (C=O) groups excluding carboxylic acids is 1. The van der Waals surface area contributed by atoms with Gasteiger partial charge < -0.3 is 14.6 Å². The minimum Gasteiger partial charge on any atom is -0.451 e. The molecule has 4 aromatic rings. The number of benzene rings is 3. The highest BCUT2D eigenvalue weighted by Crippen LogP contribution is 2.34. The van der Waals surface area contributed by atoms with Crippen LogP contribution in [0.2, 0.25) is 0 Å². The zero-order chi connectivity index (χ0) is 19.8. The molecule has 1 aliphatic rings. The fraction of sp³-hybridized carbons (Fsp3) is 0.0833. The maximum absolute atomic E-state index is 12.6. The van der Waals surface area contributed by atoms with E-state index in [2.05, 4.69) is 28.4 Å². The number of hydrogen-bond donors (Lipinski definition) is 1. The van der Waals surface area contributed by atoms with Crippen molar-refractivity contribution in [1.82, 2.24) is 0 Å². The second-order valence-corrected chi connectivity index (χ2v) is 7.00. The Morgan fingerprint density at radius 2 is 1.69 bits per heavy atom. The fourth-order valence-corrected chi connectivity index (χ4v) is 3.74. The summed E-state index contributed by atoms with van der Waals surface area (Å²) in [4.78, 5) is 27.0. The summed E-state index contributed by atoms with van der Waals surface area (Å²) in [5, 5.41) is 3.25. The van der Waals surface area contributed by atoms with Crippen LogP contribution in [-0.2, 0) is 6.42 Å². The Kier molecular flexibility index (Phi) is 4.13. The van der Waals surface area contributed by atoms with Gasteiger partial charge in [-0.3, -0.25) is 9.59 Å². The lowest BCUT2D eigenvalue weighted by Crippen LogP contribution is -2.15. The van der Waals surface area contributed by atoms with Gasteiger partial charge in [-0.1, -0.05) is 30.3 Å². The summed E-state index contributed by atoms with van der Waals surface area (Å²) >= 11 is 0. The zero-order valence-corrected chi connectivity index (χ0v) is 15.6. The van der Waals surface area contributed by atoms with E-state index in [9.17, 15) is 9.59 Å². The van der Waals surface area contributed by atoms with E-state index in [0.717, 1.165) is 18.7 Å². The molecule has 0 aliphatic carbocycles. The van der Waals surface area contributed by atoms with Crippen LogP contribution >= 0.6 is 0 Å². The van der Waals surface area contributed by atoms with Gasteiger partial charge in [0.1, 0.15) is 5.58 Å². The lowest BCUT2D eigenvalue weighted by molar-refractivity contribution is 0.0997. The van der Waals surface area contributed by atoms with Gasteiger partial charge in [-0.2, -0.15) is 0 Å². The van der Waals surface area contributed by atoms with E-state index in [1.165, 1.54) is 17.3 Å². The number of para-hydroxylation sites is 2. The molecule has 0 atom stereocenters. The van der Waals surface area contributed by atoms with Crippen molar-refractivity contribution < 1.29 is 9.21 Å². The Bertz CT molecular complexity index is 1280. The summed E-state index contributed by atoms with van der Waals surface area (Å²) in [6.45, 7) is 0.938. The SMILES string of the molecule is O=C(Nc1ccc(N2CCc3ccccc32)cc1)c1cc(=O)c2ccccc2o1. The van der Waals surface area contributed by atoms with E-state index in [1.807, 2.05) is 30.3 Å². The molecule has 3 aromatic carbocycles. The van der Waals surface area contributed by atoms with Gasteiger partial charge in [0.15, 0.2) is 11.2 Å². The van der Waals surface area contributed by atoms with Gasteiger partial charge in [-0.25, -0.2) is 0 Å². The first-order chi connectivity index (χ1) is 14.2. The smallest absolute Gasteiger partial charge is 0.291 e. The largest absolute Gasteiger partial charge is 0.451 e. The van der Waals surface area contributed by atoms with Gasteiger partial charge >= 0.3 is 0 Å². The van der Waals surface area contributed by atoms with Gasteiger partial charge in [-0.05, 0) is 54.4 Å². The van der Waals surface area contributed by atoms with Gasteiger partial charge in [0.25, 0.3) is 5.91 Å². The van der Waals surface area contributed by atoms with Crippen LogP contribution in [0.5, 0.6) is 0 Å². The molecule has 1 aliphatic heterocycles. The summed E-state index contributed by atoms with van der Waals surface area (Å²) in [6, 6.07) is 24.2. The van der Waals surface area contributed by atoms with Crippen molar-refractivity contribution in [2.45, 2.75) is 6.42 Å². The van der Waals surface area contributed by atoms with Crippen molar-refractivity contribution in [3.63, 3.8) is 0 Å². The van der Waals surface area contributed by atoms with Crippen LogP contribution < -0.4 is 15.6 Å². The third-order valence-electron chi connectivity index (χ3n) is 5.18. The molecule has 0 fully saturated rings. The molecular weight excluding hydrogens is 364 g/mol. The molecule has 5 heteroatoms. The normalized spacial score (nSPS) is 12.8. The minimum absolute atomic E-state index is 0.00810. The van der Waals surface area contributed by atoms with E-state index in [0.29, 0.717) is 16.7 Å². The predicted octanol–water partition coefficient (Wildman–Crippen LogP) is 4.74. The van der Waals surface area contributed by atoms with Crippen LogP contribution in [0.3, 0.4) is 0 Å². The molecular formula is C24H18N2O3. The Hall–Kier alpha value is -3.86. The fourth-order valence-electron chi connectivity index (χ4n) is 3.74. The minimum atomic E-state index is -0.452. The van der Waals surface area contributed by atoms with Gasteiger partial charge in [0.2, 0.25) is 0 Å². The number of amides is 1. The molecule has 1 amide bonds. The molecule has 0 radical (unpaired) electrons. The van der Waals surface area contributed by atoms with Crippen LogP contribution in [0.4, 0.5) is 17.1 Å².